The number of Topliss-reactive ketones (excluding diaryl/α,β-unsaturated/α-hetero) is 1. The Morgan fingerprint density at radius 2 is 2.11 bits per heavy atom. The third-order valence-electron chi connectivity index (χ3n) is 3.07. The van der Waals surface area contributed by atoms with Gasteiger partial charge in [-0.3, -0.25) is 14.5 Å². The Hall–Kier alpha value is -1.88. The van der Waals surface area contributed by atoms with Gasteiger partial charge in [0.2, 0.25) is 5.91 Å². The summed E-state index contributed by atoms with van der Waals surface area (Å²) in [5.41, 5.74) is 0.731. The van der Waals surface area contributed by atoms with Gasteiger partial charge in [-0.15, -0.1) is 0 Å². The number of benzene rings is 1. The number of nitrogens with zero attached hydrogens (tertiary/aromatic N) is 1. The van der Waals surface area contributed by atoms with Crippen LogP contribution in [-0.2, 0) is 9.59 Å². The molecule has 5 heteroatoms. The number of rotatable bonds is 4. The fraction of sp³-hybridized carbons (Fsp3) is 0.429. The van der Waals surface area contributed by atoms with Crippen LogP contribution in [0.2, 0.25) is 0 Å². The fourth-order valence-electron chi connectivity index (χ4n) is 2.12. The van der Waals surface area contributed by atoms with E-state index in [4.69, 9.17) is 4.74 Å². The van der Waals surface area contributed by atoms with E-state index >= 15 is 0 Å². The molecule has 0 atom stereocenters. The van der Waals surface area contributed by atoms with E-state index in [1.807, 2.05) is 4.90 Å². The number of methoxy groups -OCH3 is 1. The Labute approximate surface area is 112 Å². The van der Waals surface area contributed by atoms with Crippen LogP contribution in [0.4, 0.5) is 5.69 Å². The fourth-order valence-corrected chi connectivity index (χ4v) is 2.12. The van der Waals surface area contributed by atoms with Crippen LogP contribution in [0.1, 0.15) is 12.8 Å². The quantitative estimate of drug-likeness (QED) is 0.888. The summed E-state index contributed by atoms with van der Waals surface area (Å²) >= 11 is 0. The zero-order valence-electron chi connectivity index (χ0n) is 11.0. The molecule has 1 aromatic rings. The Morgan fingerprint density at radius 3 is 2.74 bits per heavy atom. The Morgan fingerprint density at radius 1 is 1.37 bits per heavy atom. The molecule has 102 valence electrons. The lowest BCUT2D eigenvalue weighted by molar-refractivity contribution is -0.123. The lowest BCUT2D eigenvalue weighted by Crippen LogP contribution is -2.40. The van der Waals surface area contributed by atoms with Gasteiger partial charge in [0.05, 0.1) is 20.2 Å². The first kappa shape index (κ1) is 13.5. The minimum atomic E-state index is -0.0973. The molecule has 1 aliphatic rings. The van der Waals surface area contributed by atoms with Crippen molar-refractivity contribution in [3.05, 3.63) is 24.3 Å². The van der Waals surface area contributed by atoms with Crippen molar-refractivity contribution >= 4 is 17.4 Å². The van der Waals surface area contributed by atoms with E-state index in [1.54, 1.807) is 31.4 Å². The number of hydrogen-bond donors (Lipinski definition) is 1. The van der Waals surface area contributed by atoms with Gasteiger partial charge in [0.15, 0.2) is 0 Å². The molecule has 1 saturated heterocycles. The van der Waals surface area contributed by atoms with Crippen LogP contribution < -0.4 is 10.1 Å². The molecule has 0 spiro atoms. The summed E-state index contributed by atoms with van der Waals surface area (Å²) in [4.78, 5) is 25.0. The van der Waals surface area contributed by atoms with Crippen molar-refractivity contribution in [2.75, 3.05) is 32.1 Å². The van der Waals surface area contributed by atoms with Crippen molar-refractivity contribution in [1.29, 1.82) is 0 Å². The lowest BCUT2D eigenvalue weighted by atomic mass is 10.1. The molecule has 0 bridgehead atoms. The van der Waals surface area contributed by atoms with Crippen LogP contribution in [0.15, 0.2) is 24.3 Å². The molecule has 0 radical (unpaired) electrons. The van der Waals surface area contributed by atoms with E-state index in [1.165, 1.54) is 0 Å². The van der Waals surface area contributed by atoms with Gasteiger partial charge in [-0.1, -0.05) is 0 Å². The van der Waals surface area contributed by atoms with Crippen molar-refractivity contribution in [2.45, 2.75) is 12.8 Å². The van der Waals surface area contributed by atoms with Crippen molar-refractivity contribution in [1.82, 2.24) is 4.90 Å². The van der Waals surface area contributed by atoms with E-state index < -0.39 is 0 Å². The molecule has 1 amide bonds. The molecule has 1 aromatic carbocycles. The normalized spacial score (nSPS) is 16.2. The number of carbonyl (C=O) groups excluding carboxylic acids is 2. The van der Waals surface area contributed by atoms with Gasteiger partial charge in [0.1, 0.15) is 11.5 Å². The average Bonchev–Trinajstić information content (AvgIpc) is 2.39. The molecular formula is C14H18N2O3. The molecule has 5 nitrogen and oxygen atoms in total. The van der Waals surface area contributed by atoms with Crippen LogP contribution in [0, 0.1) is 0 Å². The van der Waals surface area contributed by atoms with Gasteiger partial charge in [-0.2, -0.15) is 0 Å². The molecule has 1 fully saturated rings. The van der Waals surface area contributed by atoms with Gasteiger partial charge >= 0.3 is 0 Å². The molecule has 19 heavy (non-hydrogen) atoms. The summed E-state index contributed by atoms with van der Waals surface area (Å²) in [7, 11) is 1.60. The Balaban J connectivity index is 1.84. The topological polar surface area (TPSA) is 58.6 Å². The van der Waals surface area contributed by atoms with Crippen LogP contribution in [-0.4, -0.2) is 43.3 Å². The van der Waals surface area contributed by atoms with Crippen LogP contribution in [0.25, 0.3) is 0 Å². The molecule has 0 aliphatic carbocycles. The van der Waals surface area contributed by atoms with E-state index in [0.717, 1.165) is 24.4 Å². The predicted molar refractivity (Wildman–Crippen MR) is 72.3 cm³/mol. The summed E-state index contributed by atoms with van der Waals surface area (Å²) in [6.07, 6.45) is 1.48. The number of anilines is 1. The second-order valence-electron chi connectivity index (χ2n) is 4.63. The van der Waals surface area contributed by atoms with E-state index in [-0.39, 0.29) is 18.2 Å². The third-order valence-corrected chi connectivity index (χ3v) is 3.07. The van der Waals surface area contributed by atoms with Gasteiger partial charge in [0, 0.05) is 12.1 Å². The van der Waals surface area contributed by atoms with E-state index in [0.29, 0.717) is 13.0 Å². The highest BCUT2D eigenvalue weighted by molar-refractivity contribution is 5.92. The second kappa shape index (κ2) is 6.33. The Bertz CT molecular complexity index is 456. The highest BCUT2D eigenvalue weighted by Crippen LogP contribution is 2.15. The van der Waals surface area contributed by atoms with Crippen molar-refractivity contribution < 1.29 is 14.3 Å². The number of amides is 1. The van der Waals surface area contributed by atoms with Crippen molar-refractivity contribution in [3.63, 3.8) is 0 Å². The number of ketones is 1. The van der Waals surface area contributed by atoms with Crippen LogP contribution >= 0.6 is 0 Å². The number of ether oxygens (including phenoxy) is 1. The number of piperidine rings is 1. The van der Waals surface area contributed by atoms with Crippen molar-refractivity contribution in [2.24, 2.45) is 0 Å². The van der Waals surface area contributed by atoms with Gasteiger partial charge in [-0.05, 0) is 37.2 Å². The summed E-state index contributed by atoms with van der Waals surface area (Å²) < 4.78 is 5.05. The Kier molecular flexibility index (Phi) is 4.52. The summed E-state index contributed by atoms with van der Waals surface area (Å²) in [5, 5.41) is 2.81. The SMILES string of the molecule is COc1ccc(NC(=O)CN2CCCC(=O)C2)cc1. The van der Waals surface area contributed by atoms with Crippen molar-refractivity contribution in [3.8, 4) is 5.75 Å². The number of nitrogens with one attached hydrogen (secondary N) is 1. The molecule has 0 saturated carbocycles. The molecular weight excluding hydrogens is 244 g/mol. The first-order valence-electron chi connectivity index (χ1n) is 6.35. The maximum Gasteiger partial charge on any atom is 0.238 e. The zero-order chi connectivity index (χ0) is 13.7. The van der Waals surface area contributed by atoms with Gasteiger partial charge in [0.25, 0.3) is 0 Å². The molecule has 1 heterocycles. The second-order valence-corrected chi connectivity index (χ2v) is 4.63. The minimum Gasteiger partial charge on any atom is -0.497 e. The first-order valence-corrected chi connectivity index (χ1v) is 6.35. The van der Waals surface area contributed by atoms with Gasteiger partial charge < -0.3 is 10.1 Å². The molecule has 2 rings (SSSR count). The molecule has 1 N–H and O–H groups in total. The highest BCUT2D eigenvalue weighted by atomic mass is 16.5. The molecule has 0 aromatic heterocycles. The largest absolute Gasteiger partial charge is 0.497 e. The lowest BCUT2D eigenvalue weighted by Gasteiger charge is -2.24. The number of likely N-dealkylation sites (tertiary alicyclic amines) is 1. The zero-order valence-corrected chi connectivity index (χ0v) is 11.0. The van der Waals surface area contributed by atoms with Gasteiger partial charge in [-0.25, -0.2) is 0 Å². The predicted octanol–water partition coefficient (Wildman–Crippen LogP) is 1.30. The first-order chi connectivity index (χ1) is 9.17. The standard InChI is InChI=1S/C14H18N2O3/c1-19-13-6-4-11(5-7-13)15-14(18)10-16-8-2-3-12(17)9-16/h4-7H,2-3,8-10H2,1H3,(H,15,18). The maximum absolute atomic E-state index is 11.8. The van der Waals surface area contributed by atoms with Crippen LogP contribution in [0.3, 0.4) is 0 Å². The van der Waals surface area contributed by atoms with E-state index in [9.17, 15) is 9.59 Å². The molecule has 0 unspecified atom stereocenters. The summed E-state index contributed by atoms with van der Waals surface area (Å²) in [6, 6.07) is 7.16. The van der Waals surface area contributed by atoms with E-state index in [2.05, 4.69) is 5.32 Å². The highest BCUT2D eigenvalue weighted by Gasteiger charge is 2.18. The summed E-state index contributed by atoms with van der Waals surface area (Å²) in [5.74, 6) is 0.864. The van der Waals surface area contributed by atoms with Crippen LogP contribution in [0.5, 0.6) is 5.75 Å². The average molecular weight is 262 g/mol. The smallest absolute Gasteiger partial charge is 0.238 e. The number of hydrogen-bond acceptors (Lipinski definition) is 4. The maximum atomic E-state index is 11.8. The monoisotopic (exact) mass is 262 g/mol. The summed E-state index contributed by atoms with van der Waals surface area (Å²) in [6.45, 7) is 1.45. The number of carbonyl (C=O) groups is 2. The minimum absolute atomic E-state index is 0.0973. The molecule has 1 aliphatic heterocycles. The third kappa shape index (κ3) is 4.06.